The van der Waals surface area contributed by atoms with Gasteiger partial charge in [0, 0.05) is 19.3 Å². The molecule has 0 spiro atoms. The van der Waals surface area contributed by atoms with Gasteiger partial charge in [0.15, 0.2) is 0 Å². The molecule has 0 aliphatic carbocycles. The molecule has 0 fully saturated rings. The molecule has 0 radical (unpaired) electrons. The zero-order valence-electron chi connectivity index (χ0n) is 15.1. The van der Waals surface area contributed by atoms with Crippen molar-refractivity contribution in [3.8, 4) is 11.1 Å². The minimum atomic E-state index is 0.0282. The smallest absolute Gasteiger partial charge is 0.328 e. The number of rotatable bonds is 2. The predicted octanol–water partition coefficient (Wildman–Crippen LogP) is 3.94. The van der Waals surface area contributed by atoms with Crippen molar-refractivity contribution in [2.24, 2.45) is 12.5 Å². The van der Waals surface area contributed by atoms with E-state index in [2.05, 4.69) is 39.0 Å². The molecule has 1 aromatic heterocycles. The van der Waals surface area contributed by atoms with Gasteiger partial charge in [-0.2, -0.15) is 0 Å². The molecule has 0 atom stereocenters. The third kappa shape index (κ3) is 2.84. The Hall–Kier alpha value is -2.49. The molecule has 2 N–H and O–H groups in total. The monoisotopic (exact) mass is 323 g/mol. The summed E-state index contributed by atoms with van der Waals surface area (Å²) in [6.45, 7) is 9.11. The topological polar surface area (TPSA) is 53.0 Å². The maximum atomic E-state index is 12.6. The molecule has 2 aromatic carbocycles. The van der Waals surface area contributed by atoms with E-state index < -0.39 is 0 Å². The molecule has 4 nitrogen and oxygen atoms in total. The van der Waals surface area contributed by atoms with Gasteiger partial charge in [-0.1, -0.05) is 39.0 Å². The number of aromatic nitrogens is 2. The molecule has 3 rings (SSSR count). The second-order valence-corrected chi connectivity index (χ2v) is 7.76. The summed E-state index contributed by atoms with van der Waals surface area (Å²) in [6, 6.07) is 12.2. The second-order valence-electron chi connectivity index (χ2n) is 7.76. The van der Waals surface area contributed by atoms with Crippen molar-refractivity contribution in [2.45, 2.75) is 34.2 Å². The fourth-order valence-corrected chi connectivity index (χ4v) is 3.03. The van der Waals surface area contributed by atoms with E-state index >= 15 is 0 Å². The van der Waals surface area contributed by atoms with E-state index in [0.717, 1.165) is 33.4 Å². The molecule has 0 saturated heterocycles. The summed E-state index contributed by atoms with van der Waals surface area (Å²) >= 11 is 0. The highest BCUT2D eigenvalue weighted by molar-refractivity contribution is 5.83. The second kappa shape index (κ2) is 5.55. The Morgan fingerprint density at radius 2 is 1.62 bits per heavy atom. The maximum Gasteiger partial charge on any atom is 0.328 e. The molecule has 0 unspecified atom stereocenters. The number of hydrogen-bond acceptors (Lipinski definition) is 2. The van der Waals surface area contributed by atoms with Crippen LogP contribution in [0.3, 0.4) is 0 Å². The predicted molar refractivity (Wildman–Crippen MR) is 101 cm³/mol. The van der Waals surface area contributed by atoms with E-state index in [1.165, 1.54) is 0 Å². The summed E-state index contributed by atoms with van der Waals surface area (Å²) in [4.78, 5) is 12.6. The van der Waals surface area contributed by atoms with Gasteiger partial charge < -0.3 is 5.73 Å². The number of anilines is 1. The fraction of sp³-hybridized carbons (Fsp3) is 0.350. The molecule has 126 valence electrons. The Labute approximate surface area is 142 Å². The van der Waals surface area contributed by atoms with Gasteiger partial charge in [-0.15, -0.1) is 0 Å². The fourth-order valence-electron chi connectivity index (χ4n) is 3.03. The standard InChI is InChI=1S/C20H25N3O/c1-13-6-7-14(10-16(13)21)15-8-9-17-18(11-15)22(5)19(24)23(17)12-20(2,3)4/h6-11H,12,21H2,1-5H3. The zero-order valence-corrected chi connectivity index (χ0v) is 15.1. The third-order valence-electron chi connectivity index (χ3n) is 4.39. The summed E-state index contributed by atoms with van der Waals surface area (Å²) in [5.41, 5.74) is 12.0. The Balaban J connectivity index is 2.17. The highest BCUT2D eigenvalue weighted by atomic mass is 16.1. The first-order valence-corrected chi connectivity index (χ1v) is 8.23. The van der Waals surface area contributed by atoms with Crippen LogP contribution in [0.4, 0.5) is 5.69 Å². The molecule has 3 aromatic rings. The van der Waals surface area contributed by atoms with Crippen LogP contribution in [0.5, 0.6) is 0 Å². The number of hydrogen-bond donors (Lipinski definition) is 1. The van der Waals surface area contributed by atoms with Crippen molar-refractivity contribution >= 4 is 16.7 Å². The average Bonchev–Trinajstić information content (AvgIpc) is 2.73. The van der Waals surface area contributed by atoms with E-state index in [1.807, 2.05) is 36.7 Å². The Morgan fingerprint density at radius 3 is 2.25 bits per heavy atom. The number of nitrogens with two attached hydrogens (primary N) is 1. The van der Waals surface area contributed by atoms with Crippen molar-refractivity contribution in [3.63, 3.8) is 0 Å². The van der Waals surface area contributed by atoms with Gasteiger partial charge in [-0.25, -0.2) is 4.79 Å². The lowest BCUT2D eigenvalue weighted by Crippen LogP contribution is -2.27. The number of benzene rings is 2. The highest BCUT2D eigenvalue weighted by Crippen LogP contribution is 2.27. The first-order valence-electron chi connectivity index (χ1n) is 8.23. The van der Waals surface area contributed by atoms with Gasteiger partial charge in [0.25, 0.3) is 0 Å². The number of aryl methyl sites for hydroxylation is 2. The zero-order chi connectivity index (χ0) is 17.6. The summed E-state index contributed by atoms with van der Waals surface area (Å²) in [5, 5.41) is 0. The Morgan fingerprint density at radius 1 is 1.00 bits per heavy atom. The van der Waals surface area contributed by atoms with Gasteiger partial charge in [0.1, 0.15) is 0 Å². The molecule has 24 heavy (non-hydrogen) atoms. The molecule has 0 bridgehead atoms. The summed E-state index contributed by atoms with van der Waals surface area (Å²) in [7, 11) is 1.83. The molecule has 0 amide bonds. The van der Waals surface area contributed by atoms with Gasteiger partial charge in [-0.3, -0.25) is 9.13 Å². The van der Waals surface area contributed by atoms with E-state index in [0.29, 0.717) is 6.54 Å². The lowest BCUT2D eigenvalue weighted by Gasteiger charge is -2.18. The van der Waals surface area contributed by atoms with Crippen LogP contribution in [0.15, 0.2) is 41.2 Å². The van der Waals surface area contributed by atoms with E-state index in [9.17, 15) is 4.79 Å². The molecule has 0 aliphatic heterocycles. The van der Waals surface area contributed by atoms with Crippen molar-refractivity contribution in [3.05, 3.63) is 52.4 Å². The van der Waals surface area contributed by atoms with Crippen molar-refractivity contribution in [2.75, 3.05) is 5.73 Å². The van der Waals surface area contributed by atoms with Gasteiger partial charge in [0.2, 0.25) is 0 Å². The van der Waals surface area contributed by atoms with Gasteiger partial charge in [-0.05, 0) is 47.2 Å². The molecular formula is C20H25N3O. The summed E-state index contributed by atoms with van der Waals surface area (Å²) in [5.74, 6) is 0. The lowest BCUT2D eigenvalue weighted by atomic mass is 9.97. The molecule has 1 heterocycles. The van der Waals surface area contributed by atoms with Crippen LogP contribution in [-0.4, -0.2) is 9.13 Å². The quantitative estimate of drug-likeness (QED) is 0.726. The highest BCUT2D eigenvalue weighted by Gasteiger charge is 2.18. The largest absolute Gasteiger partial charge is 0.398 e. The molecule has 4 heteroatoms. The van der Waals surface area contributed by atoms with Crippen molar-refractivity contribution in [1.29, 1.82) is 0 Å². The Kier molecular flexibility index (Phi) is 3.78. The third-order valence-corrected chi connectivity index (χ3v) is 4.39. The van der Waals surface area contributed by atoms with Crippen LogP contribution >= 0.6 is 0 Å². The molecule has 0 saturated carbocycles. The van der Waals surface area contributed by atoms with Crippen LogP contribution in [0.1, 0.15) is 26.3 Å². The van der Waals surface area contributed by atoms with Gasteiger partial charge in [0.05, 0.1) is 11.0 Å². The first-order chi connectivity index (χ1) is 11.2. The normalized spacial score (nSPS) is 12.0. The maximum absolute atomic E-state index is 12.6. The summed E-state index contributed by atoms with van der Waals surface area (Å²) < 4.78 is 3.59. The number of imidazole rings is 1. The average molecular weight is 323 g/mol. The van der Waals surface area contributed by atoms with Gasteiger partial charge >= 0.3 is 5.69 Å². The molecular weight excluding hydrogens is 298 g/mol. The number of nitrogens with zero attached hydrogens (tertiary/aromatic N) is 2. The van der Waals surface area contributed by atoms with Crippen LogP contribution in [0.2, 0.25) is 0 Å². The van der Waals surface area contributed by atoms with E-state index in [-0.39, 0.29) is 11.1 Å². The van der Waals surface area contributed by atoms with Crippen LogP contribution < -0.4 is 11.4 Å². The van der Waals surface area contributed by atoms with E-state index in [4.69, 9.17) is 5.73 Å². The number of fused-ring (bicyclic) bond motifs is 1. The lowest BCUT2D eigenvalue weighted by molar-refractivity contribution is 0.342. The molecule has 0 aliphatic rings. The van der Waals surface area contributed by atoms with Crippen LogP contribution in [0.25, 0.3) is 22.2 Å². The SMILES string of the molecule is Cc1ccc(-c2ccc3c(c2)n(C)c(=O)n3CC(C)(C)C)cc1N. The van der Waals surface area contributed by atoms with Crippen LogP contribution in [0, 0.1) is 12.3 Å². The summed E-state index contributed by atoms with van der Waals surface area (Å²) in [6.07, 6.45) is 0. The minimum Gasteiger partial charge on any atom is -0.398 e. The minimum absolute atomic E-state index is 0.0282. The van der Waals surface area contributed by atoms with Crippen molar-refractivity contribution in [1.82, 2.24) is 9.13 Å². The van der Waals surface area contributed by atoms with E-state index in [1.54, 1.807) is 4.57 Å². The van der Waals surface area contributed by atoms with Crippen LogP contribution in [-0.2, 0) is 13.6 Å². The first kappa shape index (κ1) is 16.4. The Bertz CT molecular complexity index is 971. The number of nitrogen functional groups attached to an aromatic ring is 1. The van der Waals surface area contributed by atoms with Crippen molar-refractivity contribution < 1.29 is 0 Å².